The van der Waals surface area contributed by atoms with Gasteiger partial charge in [0, 0.05) is 16.5 Å². The Morgan fingerprint density at radius 2 is 1.80 bits per heavy atom. The van der Waals surface area contributed by atoms with E-state index < -0.39 is 36.0 Å². The van der Waals surface area contributed by atoms with Gasteiger partial charge in [0.1, 0.15) is 17.7 Å². The fourth-order valence-corrected chi connectivity index (χ4v) is 2.79. The molecule has 0 aliphatic carbocycles. The molecule has 0 saturated heterocycles. The number of halogens is 3. The van der Waals surface area contributed by atoms with Crippen LogP contribution in [0.5, 0.6) is 0 Å². The molecule has 25 heavy (non-hydrogen) atoms. The molecule has 1 N–H and O–H groups in total. The topological polar surface area (TPSA) is 55.4 Å². The lowest BCUT2D eigenvalue weighted by molar-refractivity contribution is -0.145. The molecule has 0 aliphatic rings. The highest BCUT2D eigenvalue weighted by Gasteiger charge is 2.23. The quantitative estimate of drug-likeness (QED) is 0.742. The molecule has 0 heterocycles. The number of ether oxygens (including phenoxy) is 1. The van der Waals surface area contributed by atoms with Crippen LogP contribution in [0.1, 0.15) is 11.1 Å². The maximum atomic E-state index is 13.6. The molecule has 2 aromatic carbocycles. The highest BCUT2D eigenvalue weighted by Crippen LogP contribution is 2.15. The van der Waals surface area contributed by atoms with Gasteiger partial charge < -0.3 is 10.1 Å². The summed E-state index contributed by atoms with van der Waals surface area (Å²) in [5.74, 6) is -2.93. The average molecular weight is 412 g/mol. The van der Waals surface area contributed by atoms with Crippen molar-refractivity contribution in [2.75, 3.05) is 7.11 Å². The van der Waals surface area contributed by atoms with Crippen LogP contribution < -0.4 is 5.32 Å². The summed E-state index contributed by atoms with van der Waals surface area (Å²) in [5, 5.41) is 2.48. The first-order valence-corrected chi connectivity index (χ1v) is 8.24. The molecule has 2 rings (SSSR count). The van der Waals surface area contributed by atoms with Crippen molar-refractivity contribution < 1.29 is 23.1 Å². The van der Waals surface area contributed by atoms with E-state index in [0.717, 1.165) is 22.2 Å². The average Bonchev–Trinajstić information content (AvgIpc) is 2.57. The summed E-state index contributed by atoms with van der Waals surface area (Å²) in [6.45, 7) is 0. The number of carbonyl (C=O) groups excluding carboxylic acids is 2. The molecule has 0 radical (unpaired) electrons. The van der Waals surface area contributed by atoms with Gasteiger partial charge in [-0.05, 0) is 29.8 Å². The molecule has 0 saturated carbocycles. The van der Waals surface area contributed by atoms with E-state index in [4.69, 9.17) is 4.74 Å². The maximum Gasteiger partial charge on any atom is 0.328 e. The van der Waals surface area contributed by atoms with Gasteiger partial charge >= 0.3 is 5.97 Å². The fraction of sp³-hybridized carbons (Fsp3) is 0.222. The van der Waals surface area contributed by atoms with Crippen molar-refractivity contribution in [3.63, 3.8) is 0 Å². The van der Waals surface area contributed by atoms with Crippen LogP contribution in [0, 0.1) is 11.6 Å². The van der Waals surface area contributed by atoms with Crippen molar-refractivity contribution in [3.8, 4) is 0 Å². The summed E-state index contributed by atoms with van der Waals surface area (Å²) in [5.41, 5.74) is 0.452. The minimum atomic E-state index is -0.957. The van der Waals surface area contributed by atoms with Gasteiger partial charge in [-0.2, -0.15) is 0 Å². The van der Waals surface area contributed by atoms with Crippen molar-refractivity contribution >= 4 is 27.8 Å². The molecule has 0 aliphatic heterocycles. The first kappa shape index (κ1) is 19.1. The third-order valence-corrected chi connectivity index (χ3v) is 4.04. The van der Waals surface area contributed by atoms with Crippen LogP contribution >= 0.6 is 15.9 Å². The van der Waals surface area contributed by atoms with Gasteiger partial charge in [-0.15, -0.1) is 0 Å². The van der Waals surface area contributed by atoms with E-state index in [2.05, 4.69) is 21.2 Å². The van der Waals surface area contributed by atoms with Crippen LogP contribution in [0.25, 0.3) is 0 Å². The van der Waals surface area contributed by atoms with Crippen molar-refractivity contribution in [3.05, 3.63) is 69.7 Å². The number of amides is 1. The SMILES string of the molecule is COC(=O)[C@@H](Cc1cccc(Br)c1)NC(=O)Cc1c(F)cccc1F. The molecule has 2 aromatic rings. The van der Waals surface area contributed by atoms with E-state index >= 15 is 0 Å². The fourth-order valence-electron chi connectivity index (χ4n) is 2.34. The first-order chi connectivity index (χ1) is 11.9. The normalized spacial score (nSPS) is 11.7. The second kappa shape index (κ2) is 8.71. The molecule has 132 valence electrons. The lowest BCUT2D eigenvalue weighted by Crippen LogP contribution is -2.43. The van der Waals surface area contributed by atoms with Gasteiger partial charge in [0.15, 0.2) is 0 Å². The van der Waals surface area contributed by atoms with Crippen molar-refractivity contribution in [2.24, 2.45) is 0 Å². The molecular formula is C18H16BrF2NO3. The number of methoxy groups -OCH3 is 1. The van der Waals surface area contributed by atoms with Gasteiger partial charge in [-0.1, -0.05) is 34.1 Å². The second-order valence-electron chi connectivity index (χ2n) is 5.35. The number of esters is 1. The molecule has 0 fully saturated rings. The van der Waals surface area contributed by atoms with E-state index in [1.165, 1.54) is 13.2 Å². The lowest BCUT2D eigenvalue weighted by atomic mass is 10.0. The number of hydrogen-bond acceptors (Lipinski definition) is 3. The van der Waals surface area contributed by atoms with Crippen molar-refractivity contribution in [1.82, 2.24) is 5.32 Å². The second-order valence-corrected chi connectivity index (χ2v) is 6.27. The number of rotatable bonds is 6. The Hall–Kier alpha value is -2.28. The largest absolute Gasteiger partial charge is 0.467 e. The van der Waals surface area contributed by atoms with Gasteiger partial charge in [0.25, 0.3) is 0 Å². The standard InChI is InChI=1S/C18H16BrF2NO3/c1-25-18(24)16(9-11-4-2-5-12(19)8-11)22-17(23)10-13-14(20)6-3-7-15(13)21/h2-8,16H,9-10H2,1H3,(H,22,23)/t16-/m1/s1. The van der Waals surface area contributed by atoms with Gasteiger partial charge in [-0.25, -0.2) is 13.6 Å². The maximum absolute atomic E-state index is 13.6. The minimum absolute atomic E-state index is 0.192. The molecular weight excluding hydrogens is 396 g/mol. The van der Waals surface area contributed by atoms with E-state index in [-0.39, 0.29) is 12.0 Å². The zero-order valence-corrected chi connectivity index (χ0v) is 15.0. The third-order valence-electron chi connectivity index (χ3n) is 3.55. The molecule has 0 spiro atoms. The van der Waals surface area contributed by atoms with E-state index in [9.17, 15) is 18.4 Å². The number of benzene rings is 2. The zero-order valence-electron chi connectivity index (χ0n) is 13.4. The number of carbonyl (C=O) groups is 2. The van der Waals surface area contributed by atoms with Gasteiger partial charge in [0.2, 0.25) is 5.91 Å². The Kier molecular flexibility index (Phi) is 6.64. The van der Waals surface area contributed by atoms with Crippen LogP contribution in [0.4, 0.5) is 8.78 Å². The Labute approximate surface area is 152 Å². The Bertz CT molecular complexity index is 762. The minimum Gasteiger partial charge on any atom is -0.467 e. The highest BCUT2D eigenvalue weighted by atomic mass is 79.9. The zero-order chi connectivity index (χ0) is 18.4. The van der Waals surface area contributed by atoms with Crippen LogP contribution in [0.3, 0.4) is 0 Å². The summed E-state index contributed by atoms with van der Waals surface area (Å²) < 4.78 is 32.8. The smallest absolute Gasteiger partial charge is 0.328 e. The van der Waals surface area contributed by atoms with Crippen molar-refractivity contribution in [2.45, 2.75) is 18.9 Å². The van der Waals surface area contributed by atoms with Crippen LogP contribution in [0.15, 0.2) is 46.9 Å². The Morgan fingerprint density at radius 3 is 2.40 bits per heavy atom. The molecule has 0 unspecified atom stereocenters. The van der Waals surface area contributed by atoms with Gasteiger partial charge in [0.05, 0.1) is 13.5 Å². The summed E-state index contributed by atoms with van der Waals surface area (Å²) in [6, 6.07) is 9.64. The molecule has 0 aromatic heterocycles. The predicted molar refractivity (Wildman–Crippen MR) is 91.9 cm³/mol. The lowest BCUT2D eigenvalue weighted by Gasteiger charge is -2.17. The third kappa shape index (κ3) is 5.35. The monoisotopic (exact) mass is 411 g/mol. The first-order valence-electron chi connectivity index (χ1n) is 7.45. The molecule has 7 heteroatoms. The number of nitrogens with one attached hydrogen (secondary N) is 1. The summed E-state index contributed by atoms with van der Waals surface area (Å²) in [4.78, 5) is 24.1. The van der Waals surface area contributed by atoms with Crippen LogP contribution in [-0.4, -0.2) is 25.0 Å². The van der Waals surface area contributed by atoms with E-state index in [1.807, 2.05) is 6.07 Å². The summed E-state index contributed by atoms with van der Waals surface area (Å²) in [6.07, 6.45) is -0.317. The number of hydrogen-bond donors (Lipinski definition) is 1. The molecule has 4 nitrogen and oxygen atoms in total. The summed E-state index contributed by atoms with van der Waals surface area (Å²) >= 11 is 3.33. The van der Waals surface area contributed by atoms with Gasteiger partial charge in [-0.3, -0.25) is 4.79 Å². The molecule has 0 bridgehead atoms. The molecule has 1 amide bonds. The predicted octanol–water partition coefficient (Wildman–Crippen LogP) is 3.17. The van der Waals surface area contributed by atoms with E-state index in [0.29, 0.717) is 0 Å². The summed E-state index contributed by atoms with van der Waals surface area (Å²) in [7, 11) is 1.21. The highest BCUT2D eigenvalue weighted by molar-refractivity contribution is 9.10. The van der Waals surface area contributed by atoms with Crippen molar-refractivity contribution in [1.29, 1.82) is 0 Å². The molecule has 1 atom stereocenters. The van der Waals surface area contributed by atoms with Crippen LogP contribution in [0.2, 0.25) is 0 Å². The Balaban J connectivity index is 2.11. The Morgan fingerprint density at radius 1 is 1.16 bits per heavy atom. The van der Waals surface area contributed by atoms with Crippen LogP contribution in [-0.2, 0) is 27.2 Å². The van der Waals surface area contributed by atoms with E-state index in [1.54, 1.807) is 18.2 Å².